The van der Waals surface area contributed by atoms with Gasteiger partial charge in [-0.05, 0) is 26.0 Å². The van der Waals surface area contributed by atoms with Crippen molar-refractivity contribution in [2.45, 2.75) is 32.9 Å². The number of carbonyl (C=O) groups is 2. The molecule has 0 aliphatic carbocycles. The summed E-state index contributed by atoms with van der Waals surface area (Å²) in [5.74, 6) is -0.980. The zero-order chi connectivity index (χ0) is 16.7. The Morgan fingerprint density at radius 1 is 1.29 bits per heavy atom. The predicted octanol–water partition coefficient (Wildman–Crippen LogP) is -0.912. The van der Waals surface area contributed by atoms with Gasteiger partial charge in [0, 0.05) is 32.1 Å². The number of carbonyl (C=O) groups excluding carboxylic acids is 1. The fraction of sp³-hybridized carbons (Fsp3) is 0.438. The molecule has 2 atom stereocenters. The van der Waals surface area contributed by atoms with Crippen molar-refractivity contribution >= 4 is 29.0 Å². The number of anilines is 1. The van der Waals surface area contributed by atoms with Gasteiger partial charge >= 0.3 is 24.8 Å². The number of nitrogens with zero attached hydrogens (tertiary/aromatic N) is 3. The molecule has 124 valence electrons. The molecule has 1 aliphatic rings. The number of hydrogen-bond donors (Lipinski definition) is 1. The normalized spacial score (nSPS) is 20.8. The molecule has 0 spiro atoms. The van der Waals surface area contributed by atoms with Crippen LogP contribution in [0.3, 0.4) is 0 Å². The van der Waals surface area contributed by atoms with Gasteiger partial charge in [0.1, 0.15) is 5.52 Å². The average molecular weight is 325 g/mol. The Bertz CT molecular complexity index is 770. The van der Waals surface area contributed by atoms with E-state index in [9.17, 15) is 14.7 Å². The maximum atomic E-state index is 11.6. The number of benzene rings is 1. The third kappa shape index (κ3) is 3.14. The van der Waals surface area contributed by atoms with E-state index in [0.717, 1.165) is 0 Å². The fourth-order valence-electron chi connectivity index (χ4n) is 3.18. The minimum Gasteiger partial charge on any atom is -1.00 e. The van der Waals surface area contributed by atoms with Crippen LogP contribution in [0.25, 0.3) is 11.1 Å². The van der Waals surface area contributed by atoms with Gasteiger partial charge in [0.25, 0.3) is 6.01 Å². The first-order valence-corrected chi connectivity index (χ1v) is 7.55. The van der Waals surface area contributed by atoms with Crippen LogP contribution in [0.2, 0.25) is 0 Å². The van der Waals surface area contributed by atoms with E-state index in [2.05, 4.69) is 4.98 Å². The van der Waals surface area contributed by atoms with E-state index in [4.69, 9.17) is 4.42 Å². The summed E-state index contributed by atoms with van der Waals surface area (Å²) in [5.41, 5.74) is 0.928. The second-order valence-corrected chi connectivity index (χ2v) is 5.98. The minimum atomic E-state index is -1.03. The zero-order valence-electron chi connectivity index (χ0n) is 15.3. The molecule has 1 aromatic carbocycles. The van der Waals surface area contributed by atoms with Gasteiger partial charge in [-0.3, -0.25) is 4.79 Å². The van der Waals surface area contributed by atoms with Crippen LogP contribution >= 0.6 is 0 Å². The Kier molecular flexibility index (Phi) is 5.26. The van der Waals surface area contributed by atoms with E-state index in [1.54, 1.807) is 24.0 Å². The molecule has 8 heteroatoms. The van der Waals surface area contributed by atoms with E-state index in [-0.39, 0.29) is 43.8 Å². The van der Waals surface area contributed by atoms with Gasteiger partial charge < -0.3 is 20.8 Å². The molecular weight excluding hydrogens is 305 g/mol. The van der Waals surface area contributed by atoms with Gasteiger partial charge in [-0.2, -0.15) is 4.98 Å². The first kappa shape index (κ1) is 18.4. The SMILES string of the molecule is CC(=O)N1C[C@H](C)N(c2nc3c(C(=O)O)cccc3o2)[C@@H](C)C1.[H-].[Li+]. The number of oxazole rings is 1. The van der Waals surface area contributed by atoms with E-state index >= 15 is 0 Å². The summed E-state index contributed by atoms with van der Waals surface area (Å²) in [6.45, 7) is 6.74. The molecule has 1 aliphatic heterocycles. The van der Waals surface area contributed by atoms with Gasteiger partial charge in [-0.25, -0.2) is 4.79 Å². The van der Waals surface area contributed by atoms with Crippen molar-refractivity contribution in [2.75, 3.05) is 18.0 Å². The molecule has 24 heavy (non-hydrogen) atoms. The largest absolute Gasteiger partial charge is 1.00 e. The Morgan fingerprint density at radius 2 is 1.92 bits per heavy atom. The molecule has 2 aromatic rings. The molecule has 0 unspecified atom stereocenters. The second kappa shape index (κ2) is 6.87. The Labute approximate surface area is 153 Å². The second-order valence-electron chi connectivity index (χ2n) is 5.98. The van der Waals surface area contributed by atoms with Crippen molar-refractivity contribution < 1.29 is 39.4 Å². The summed E-state index contributed by atoms with van der Waals surface area (Å²) in [4.78, 5) is 31.1. The van der Waals surface area contributed by atoms with Crippen molar-refractivity contribution in [2.24, 2.45) is 0 Å². The summed E-state index contributed by atoms with van der Waals surface area (Å²) in [7, 11) is 0. The van der Waals surface area contributed by atoms with Gasteiger partial charge in [0.05, 0.1) is 5.56 Å². The number of carboxylic acids is 1. The summed E-state index contributed by atoms with van der Waals surface area (Å²) >= 11 is 0. The molecule has 0 radical (unpaired) electrons. The molecule has 7 nitrogen and oxygen atoms in total. The number of aromatic carboxylic acids is 1. The van der Waals surface area contributed by atoms with E-state index in [1.165, 1.54) is 6.07 Å². The Hall–Kier alpha value is -1.97. The average Bonchev–Trinajstić information content (AvgIpc) is 2.89. The van der Waals surface area contributed by atoms with Gasteiger partial charge in [0.2, 0.25) is 5.91 Å². The molecule has 2 heterocycles. The van der Waals surface area contributed by atoms with Crippen molar-refractivity contribution in [3.63, 3.8) is 0 Å². The molecule has 1 amide bonds. The third-order valence-corrected chi connectivity index (χ3v) is 4.22. The molecule has 0 saturated carbocycles. The van der Waals surface area contributed by atoms with Crippen molar-refractivity contribution in [3.8, 4) is 0 Å². The Balaban J connectivity index is 0.00000156. The summed E-state index contributed by atoms with van der Waals surface area (Å²) in [5, 5.41) is 9.26. The molecule has 1 aromatic heterocycles. The molecular formula is C16H20LiN3O4. The number of hydrogen-bond acceptors (Lipinski definition) is 5. The molecule has 0 bridgehead atoms. The molecule has 3 rings (SSSR count). The van der Waals surface area contributed by atoms with Crippen LogP contribution in [-0.2, 0) is 4.79 Å². The van der Waals surface area contributed by atoms with Crippen molar-refractivity contribution in [1.29, 1.82) is 0 Å². The monoisotopic (exact) mass is 325 g/mol. The van der Waals surface area contributed by atoms with Crippen LogP contribution in [-0.4, -0.2) is 52.0 Å². The quantitative estimate of drug-likeness (QED) is 0.719. The number of rotatable bonds is 2. The molecule has 1 N–H and O–H groups in total. The standard InChI is InChI=1S/C16H19N3O4.Li.H/c1-9-7-18(11(3)20)8-10(2)19(9)16-17-14-12(15(21)22)5-4-6-13(14)23-16;;/h4-6,9-10H,7-8H2,1-3H3,(H,21,22);;/q;+1;-1/t9-,10-;;/m0../s1. The van der Waals surface area contributed by atoms with Crippen LogP contribution in [0.1, 0.15) is 32.6 Å². The maximum Gasteiger partial charge on any atom is 1.00 e. The smallest absolute Gasteiger partial charge is 1.00 e. The first-order valence-electron chi connectivity index (χ1n) is 7.55. The van der Waals surface area contributed by atoms with Gasteiger partial charge in [-0.15, -0.1) is 0 Å². The van der Waals surface area contributed by atoms with Gasteiger partial charge in [-0.1, -0.05) is 6.07 Å². The van der Waals surface area contributed by atoms with Crippen molar-refractivity contribution in [3.05, 3.63) is 23.8 Å². The third-order valence-electron chi connectivity index (χ3n) is 4.22. The van der Waals surface area contributed by atoms with Crippen LogP contribution in [0, 0.1) is 0 Å². The number of amides is 1. The minimum absolute atomic E-state index is 0. The topological polar surface area (TPSA) is 86.9 Å². The number of carboxylic acid groups (broad SMARTS) is 1. The first-order chi connectivity index (χ1) is 10.9. The number of para-hydroxylation sites is 1. The van der Waals surface area contributed by atoms with Crippen LogP contribution in [0.4, 0.5) is 6.01 Å². The van der Waals surface area contributed by atoms with Crippen LogP contribution < -0.4 is 23.8 Å². The summed E-state index contributed by atoms with van der Waals surface area (Å²) in [6.07, 6.45) is 0. The van der Waals surface area contributed by atoms with Gasteiger partial charge in [0.15, 0.2) is 5.58 Å². The fourth-order valence-corrected chi connectivity index (χ4v) is 3.18. The maximum absolute atomic E-state index is 11.6. The number of piperazine rings is 1. The summed E-state index contributed by atoms with van der Waals surface area (Å²) in [6, 6.07) is 5.32. The van der Waals surface area contributed by atoms with E-state index < -0.39 is 5.97 Å². The van der Waals surface area contributed by atoms with Crippen LogP contribution in [0.15, 0.2) is 22.6 Å². The van der Waals surface area contributed by atoms with E-state index in [1.807, 2.05) is 18.7 Å². The predicted molar refractivity (Wildman–Crippen MR) is 85.7 cm³/mol. The number of aromatic nitrogens is 1. The molecule has 1 saturated heterocycles. The van der Waals surface area contributed by atoms with E-state index in [0.29, 0.717) is 30.2 Å². The molecule has 1 fully saturated rings. The van der Waals surface area contributed by atoms with Crippen molar-refractivity contribution in [1.82, 2.24) is 9.88 Å². The Morgan fingerprint density at radius 3 is 2.46 bits per heavy atom. The number of fused-ring (bicyclic) bond motifs is 1. The summed E-state index contributed by atoms with van der Waals surface area (Å²) < 4.78 is 5.78. The van der Waals surface area contributed by atoms with Crippen LogP contribution in [0.5, 0.6) is 0 Å². The zero-order valence-corrected chi connectivity index (χ0v) is 14.3.